The highest BCUT2D eigenvalue weighted by atomic mass is 16.5. The number of benzene rings is 1. The van der Waals surface area contributed by atoms with E-state index in [-0.39, 0.29) is 12.0 Å². The highest BCUT2D eigenvalue weighted by Crippen LogP contribution is 2.35. The van der Waals surface area contributed by atoms with Gasteiger partial charge in [0.15, 0.2) is 17.3 Å². The minimum Gasteiger partial charge on any atom is -0.493 e. The van der Waals surface area contributed by atoms with Crippen molar-refractivity contribution in [3.63, 3.8) is 0 Å². The van der Waals surface area contributed by atoms with Gasteiger partial charge in [0.05, 0.1) is 14.2 Å². The molecule has 2 rings (SSSR count). The summed E-state index contributed by atoms with van der Waals surface area (Å²) in [5.41, 5.74) is 9.96. The van der Waals surface area contributed by atoms with Crippen molar-refractivity contribution in [3.8, 4) is 11.5 Å². The molecule has 6 heteroatoms. The summed E-state index contributed by atoms with van der Waals surface area (Å²) in [4.78, 5) is 4.63. The summed E-state index contributed by atoms with van der Waals surface area (Å²) in [7, 11) is 3.33. The molecule has 4 N–H and O–H groups in total. The van der Waals surface area contributed by atoms with Gasteiger partial charge in [-0.25, -0.2) is 0 Å². The van der Waals surface area contributed by atoms with Crippen LogP contribution in [0.5, 0.6) is 11.5 Å². The molecule has 0 spiro atoms. The van der Waals surface area contributed by atoms with E-state index >= 15 is 0 Å². The number of hydrogen-bond acceptors (Lipinski definition) is 6. The van der Waals surface area contributed by atoms with Crippen molar-refractivity contribution in [2.24, 2.45) is 16.6 Å². The molecule has 0 fully saturated rings. The minimum atomic E-state index is -0.806. The monoisotopic (exact) mass is 388 g/mol. The van der Waals surface area contributed by atoms with Crippen molar-refractivity contribution in [1.29, 1.82) is 0 Å². The molecule has 1 unspecified atom stereocenters. The maximum atomic E-state index is 6.47. The largest absolute Gasteiger partial charge is 0.493 e. The Kier molecular flexibility index (Phi) is 6.99. The molecule has 0 aromatic heterocycles. The van der Waals surface area contributed by atoms with Crippen LogP contribution in [-0.2, 0) is 6.42 Å². The second kappa shape index (κ2) is 8.86. The van der Waals surface area contributed by atoms with Crippen LogP contribution in [0.3, 0.4) is 0 Å². The minimum absolute atomic E-state index is 0.154. The van der Waals surface area contributed by atoms with Crippen LogP contribution in [0.15, 0.2) is 28.5 Å². The lowest BCUT2D eigenvalue weighted by Gasteiger charge is -2.37. The molecule has 156 valence electrons. The fourth-order valence-electron chi connectivity index (χ4n) is 3.24. The lowest BCUT2D eigenvalue weighted by Crippen LogP contribution is -2.59. The molecule has 0 saturated heterocycles. The van der Waals surface area contributed by atoms with E-state index < -0.39 is 5.79 Å². The van der Waals surface area contributed by atoms with Gasteiger partial charge in [0.2, 0.25) is 0 Å². The smallest absolute Gasteiger partial charge is 0.185 e. The van der Waals surface area contributed by atoms with Gasteiger partial charge < -0.3 is 20.1 Å². The Hall–Kier alpha value is -2.21. The van der Waals surface area contributed by atoms with E-state index in [1.54, 1.807) is 14.2 Å². The van der Waals surface area contributed by atoms with Crippen LogP contribution in [0.25, 0.3) is 0 Å². The van der Waals surface area contributed by atoms with E-state index in [0.29, 0.717) is 12.3 Å². The quantitative estimate of drug-likeness (QED) is 0.635. The number of aliphatic imine (C=N–C) groups is 1. The number of nitrogens with zero attached hydrogens (tertiary/aromatic N) is 1. The molecule has 6 nitrogen and oxygen atoms in total. The van der Waals surface area contributed by atoms with Crippen LogP contribution in [0.4, 0.5) is 0 Å². The molecule has 0 saturated carbocycles. The lowest BCUT2D eigenvalue weighted by atomic mass is 9.91. The number of ether oxygens (including phenoxy) is 2. The van der Waals surface area contributed by atoms with Gasteiger partial charge in [0.1, 0.15) is 5.82 Å². The summed E-state index contributed by atoms with van der Waals surface area (Å²) >= 11 is 0. The van der Waals surface area contributed by atoms with Gasteiger partial charge in [-0.05, 0) is 43.0 Å². The van der Waals surface area contributed by atoms with Crippen LogP contribution in [-0.4, -0.2) is 32.3 Å². The van der Waals surface area contributed by atoms with Gasteiger partial charge in [-0.3, -0.25) is 10.7 Å². The second-order valence-electron chi connectivity index (χ2n) is 8.30. The zero-order valence-electron chi connectivity index (χ0n) is 18.5. The van der Waals surface area contributed by atoms with Crippen molar-refractivity contribution in [3.05, 3.63) is 34.7 Å². The first-order valence-electron chi connectivity index (χ1n) is 9.98. The summed E-state index contributed by atoms with van der Waals surface area (Å²) in [6.07, 6.45) is 2.62. The number of nitrogens with one attached hydrogen (secondary N) is 2. The van der Waals surface area contributed by atoms with Crippen LogP contribution in [0.1, 0.15) is 58.6 Å². The molecule has 28 heavy (non-hydrogen) atoms. The number of allylic oxidation sites excluding steroid dienone is 1. The first-order chi connectivity index (χ1) is 13.1. The van der Waals surface area contributed by atoms with E-state index in [1.165, 1.54) is 11.1 Å². The zero-order valence-corrected chi connectivity index (χ0v) is 18.5. The van der Waals surface area contributed by atoms with E-state index in [0.717, 1.165) is 22.9 Å². The van der Waals surface area contributed by atoms with Gasteiger partial charge in [0, 0.05) is 30.2 Å². The molecule has 1 aromatic rings. The number of rotatable bonds is 8. The van der Waals surface area contributed by atoms with E-state index in [1.807, 2.05) is 6.21 Å². The summed E-state index contributed by atoms with van der Waals surface area (Å²) in [5, 5.41) is 6.93. The average molecular weight is 389 g/mol. The van der Waals surface area contributed by atoms with Gasteiger partial charge in [0.25, 0.3) is 0 Å². The Labute approximate surface area is 169 Å². The number of nitrogens with two attached hydrogens (primary N) is 1. The highest BCUT2D eigenvalue weighted by molar-refractivity contribution is 5.82. The second-order valence-corrected chi connectivity index (χ2v) is 8.30. The van der Waals surface area contributed by atoms with Crippen molar-refractivity contribution in [1.82, 2.24) is 10.6 Å². The zero-order chi connectivity index (χ0) is 21.1. The number of methoxy groups -OCH3 is 2. The Morgan fingerprint density at radius 2 is 1.68 bits per heavy atom. The molecule has 1 heterocycles. The van der Waals surface area contributed by atoms with Crippen LogP contribution in [0, 0.1) is 5.92 Å². The Bertz CT molecular complexity index is 753. The first-order valence-corrected chi connectivity index (χ1v) is 9.98. The van der Waals surface area contributed by atoms with E-state index in [9.17, 15) is 0 Å². The maximum absolute atomic E-state index is 6.47. The molecule has 0 amide bonds. The number of hydrogen-bond donors (Lipinski definition) is 3. The normalized spacial score (nSPS) is 19.4. The third-order valence-corrected chi connectivity index (χ3v) is 5.04. The summed E-state index contributed by atoms with van der Waals surface area (Å²) in [5.74, 6) is 2.12. The summed E-state index contributed by atoms with van der Waals surface area (Å²) < 4.78 is 11.0. The molecule has 0 bridgehead atoms. The van der Waals surface area contributed by atoms with Crippen LogP contribution >= 0.6 is 0 Å². The van der Waals surface area contributed by atoms with Gasteiger partial charge in [-0.15, -0.1) is 0 Å². The molecule has 0 aliphatic carbocycles. The topological polar surface area (TPSA) is 80.9 Å². The van der Waals surface area contributed by atoms with Crippen molar-refractivity contribution in [2.75, 3.05) is 14.2 Å². The lowest BCUT2D eigenvalue weighted by molar-refractivity contribution is 0.266. The standard InChI is InChI=1S/C22H36N4O2/c1-13(2)18-11-20(28-8)19(27-7)10-16(18)9-17-12-24-22(23,14(3)4)26-21(17)25-15(5)6/h10-15,25-26H,9,23H2,1-8H3. The predicted octanol–water partition coefficient (Wildman–Crippen LogP) is 3.52. The molecular weight excluding hydrogens is 352 g/mol. The average Bonchev–Trinajstić information content (AvgIpc) is 2.62. The molecule has 1 aromatic carbocycles. The van der Waals surface area contributed by atoms with Gasteiger partial charge >= 0.3 is 0 Å². The van der Waals surface area contributed by atoms with Gasteiger partial charge in [-0.1, -0.05) is 27.7 Å². The third-order valence-electron chi connectivity index (χ3n) is 5.04. The SMILES string of the molecule is COc1cc(CC2=C(NC(C)C)NC(N)(C(C)C)N=C2)c(C(C)C)cc1OC. The Morgan fingerprint density at radius 3 is 2.18 bits per heavy atom. The molecule has 1 atom stereocenters. The summed E-state index contributed by atoms with van der Waals surface area (Å²) in [6.45, 7) is 12.7. The fraction of sp³-hybridized carbons (Fsp3) is 0.591. The van der Waals surface area contributed by atoms with Crippen LogP contribution < -0.4 is 25.8 Å². The third kappa shape index (κ3) is 4.79. The molecule has 0 radical (unpaired) electrons. The first kappa shape index (κ1) is 22.1. The van der Waals surface area contributed by atoms with Gasteiger partial charge in [-0.2, -0.15) is 0 Å². The highest BCUT2D eigenvalue weighted by Gasteiger charge is 2.32. The molecule has 1 aliphatic heterocycles. The Balaban J connectivity index is 2.49. The summed E-state index contributed by atoms with van der Waals surface area (Å²) in [6, 6.07) is 4.41. The van der Waals surface area contributed by atoms with Crippen molar-refractivity contribution < 1.29 is 9.47 Å². The van der Waals surface area contributed by atoms with Crippen LogP contribution in [0.2, 0.25) is 0 Å². The van der Waals surface area contributed by atoms with Crippen molar-refractivity contribution >= 4 is 6.21 Å². The molecule has 1 aliphatic rings. The predicted molar refractivity (Wildman–Crippen MR) is 116 cm³/mol. The van der Waals surface area contributed by atoms with E-state index in [4.69, 9.17) is 15.2 Å². The van der Waals surface area contributed by atoms with E-state index in [2.05, 4.69) is 69.3 Å². The maximum Gasteiger partial charge on any atom is 0.185 e. The fourth-order valence-corrected chi connectivity index (χ4v) is 3.24. The van der Waals surface area contributed by atoms with Crippen molar-refractivity contribution in [2.45, 2.75) is 65.7 Å². The Morgan fingerprint density at radius 1 is 1.07 bits per heavy atom. The molecular formula is C22H36N4O2.